The van der Waals surface area contributed by atoms with Crippen molar-refractivity contribution in [2.75, 3.05) is 5.01 Å². The van der Waals surface area contributed by atoms with Gasteiger partial charge in [0.05, 0.1) is 23.3 Å². The summed E-state index contributed by atoms with van der Waals surface area (Å²) in [6.07, 6.45) is 3.22. The number of rotatable bonds is 4. The van der Waals surface area contributed by atoms with Crippen molar-refractivity contribution in [3.63, 3.8) is 0 Å². The standard InChI is InChI=1S/C18H13F2N3/c19-17-10-9-16(12-18(17)20)23(15-7-2-1-3-8-15)22-13-14-6-4-5-11-21-14/h1-13H/b22-13+. The van der Waals surface area contributed by atoms with Crippen LogP contribution in [0.4, 0.5) is 20.2 Å². The largest absolute Gasteiger partial charge is 0.255 e. The van der Waals surface area contributed by atoms with Crippen molar-refractivity contribution in [1.29, 1.82) is 0 Å². The quantitative estimate of drug-likeness (QED) is 0.523. The predicted molar refractivity (Wildman–Crippen MR) is 86.8 cm³/mol. The molecule has 0 aliphatic heterocycles. The van der Waals surface area contributed by atoms with E-state index in [-0.39, 0.29) is 0 Å². The van der Waals surface area contributed by atoms with Gasteiger partial charge in [0.2, 0.25) is 0 Å². The summed E-state index contributed by atoms with van der Waals surface area (Å²) < 4.78 is 26.7. The normalized spacial score (nSPS) is 10.9. The predicted octanol–water partition coefficient (Wildman–Crippen LogP) is 4.53. The van der Waals surface area contributed by atoms with Gasteiger partial charge in [0, 0.05) is 12.3 Å². The summed E-state index contributed by atoms with van der Waals surface area (Å²) in [6, 6.07) is 18.3. The van der Waals surface area contributed by atoms with Crippen LogP contribution in [-0.4, -0.2) is 11.2 Å². The van der Waals surface area contributed by atoms with E-state index in [0.29, 0.717) is 11.4 Å². The first-order valence-corrected chi connectivity index (χ1v) is 6.99. The molecule has 0 saturated carbocycles. The smallest absolute Gasteiger partial charge is 0.160 e. The molecular weight excluding hydrogens is 296 g/mol. The fourth-order valence-corrected chi connectivity index (χ4v) is 2.04. The molecule has 0 bridgehead atoms. The second-order valence-corrected chi connectivity index (χ2v) is 4.74. The zero-order chi connectivity index (χ0) is 16.1. The summed E-state index contributed by atoms with van der Waals surface area (Å²) >= 11 is 0. The average molecular weight is 309 g/mol. The molecule has 3 rings (SSSR count). The van der Waals surface area contributed by atoms with E-state index in [1.165, 1.54) is 11.1 Å². The molecule has 114 valence electrons. The number of benzene rings is 2. The lowest BCUT2D eigenvalue weighted by molar-refractivity contribution is 0.508. The van der Waals surface area contributed by atoms with E-state index < -0.39 is 11.6 Å². The van der Waals surface area contributed by atoms with E-state index in [9.17, 15) is 8.78 Å². The van der Waals surface area contributed by atoms with Crippen LogP contribution in [0.3, 0.4) is 0 Å². The molecule has 2 aromatic carbocycles. The van der Waals surface area contributed by atoms with Crippen molar-refractivity contribution >= 4 is 17.6 Å². The minimum atomic E-state index is -0.920. The van der Waals surface area contributed by atoms with Crippen LogP contribution in [0.25, 0.3) is 0 Å². The maximum Gasteiger partial charge on any atom is 0.160 e. The van der Waals surface area contributed by atoms with Gasteiger partial charge in [0.25, 0.3) is 0 Å². The molecule has 1 heterocycles. The molecule has 23 heavy (non-hydrogen) atoms. The Hall–Kier alpha value is -3.08. The lowest BCUT2D eigenvalue weighted by Crippen LogP contribution is -2.10. The van der Waals surface area contributed by atoms with Crippen LogP contribution in [0.1, 0.15) is 5.69 Å². The van der Waals surface area contributed by atoms with Crippen molar-refractivity contribution in [1.82, 2.24) is 4.98 Å². The number of pyridine rings is 1. The van der Waals surface area contributed by atoms with Gasteiger partial charge in [-0.3, -0.25) is 4.98 Å². The number of hydrazone groups is 1. The van der Waals surface area contributed by atoms with Crippen molar-refractivity contribution in [2.45, 2.75) is 0 Å². The van der Waals surface area contributed by atoms with E-state index in [1.54, 1.807) is 18.5 Å². The molecule has 3 aromatic rings. The van der Waals surface area contributed by atoms with Gasteiger partial charge in [-0.05, 0) is 36.4 Å². The van der Waals surface area contributed by atoms with Crippen molar-refractivity contribution in [2.24, 2.45) is 5.10 Å². The number of anilines is 2. The highest BCUT2D eigenvalue weighted by Gasteiger charge is 2.11. The van der Waals surface area contributed by atoms with Gasteiger partial charge < -0.3 is 0 Å². The molecule has 0 amide bonds. The fourth-order valence-electron chi connectivity index (χ4n) is 2.04. The molecule has 3 nitrogen and oxygen atoms in total. The maximum absolute atomic E-state index is 13.6. The van der Waals surface area contributed by atoms with Crippen molar-refractivity contribution in [3.8, 4) is 0 Å². The first-order valence-electron chi connectivity index (χ1n) is 6.99. The topological polar surface area (TPSA) is 28.5 Å². The summed E-state index contributed by atoms with van der Waals surface area (Å²) in [7, 11) is 0. The van der Waals surface area contributed by atoms with Crippen LogP contribution >= 0.6 is 0 Å². The van der Waals surface area contributed by atoms with Crippen LogP contribution in [0.2, 0.25) is 0 Å². The Morgan fingerprint density at radius 3 is 2.30 bits per heavy atom. The molecule has 0 unspecified atom stereocenters. The molecule has 0 saturated heterocycles. The number of para-hydroxylation sites is 1. The third-order valence-corrected chi connectivity index (χ3v) is 3.14. The van der Waals surface area contributed by atoms with E-state index in [1.807, 2.05) is 42.5 Å². The van der Waals surface area contributed by atoms with Crippen LogP contribution in [-0.2, 0) is 0 Å². The highest BCUT2D eigenvalue weighted by Crippen LogP contribution is 2.26. The Bertz CT molecular complexity index is 805. The van der Waals surface area contributed by atoms with Gasteiger partial charge >= 0.3 is 0 Å². The molecule has 0 aliphatic rings. The minimum Gasteiger partial charge on any atom is -0.255 e. The lowest BCUT2D eigenvalue weighted by atomic mass is 10.2. The van der Waals surface area contributed by atoms with Gasteiger partial charge in [-0.25, -0.2) is 13.8 Å². The monoisotopic (exact) mass is 309 g/mol. The van der Waals surface area contributed by atoms with Crippen molar-refractivity contribution in [3.05, 3.63) is 90.3 Å². The van der Waals surface area contributed by atoms with Gasteiger partial charge in [-0.1, -0.05) is 24.3 Å². The van der Waals surface area contributed by atoms with Crippen LogP contribution in [0.5, 0.6) is 0 Å². The zero-order valence-corrected chi connectivity index (χ0v) is 12.1. The highest BCUT2D eigenvalue weighted by molar-refractivity contribution is 5.79. The molecule has 0 aliphatic carbocycles. The van der Waals surface area contributed by atoms with Crippen molar-refractivity contribution < 1.29 is 8.78 Å². The van der Waals surface area contributed by atoms with Gasteiger partial charge in [0.1, 0.15) is 0 Å². The van der Waals surface area contributed by atoms with E-state index in [0.717, 1.165) is 17.8 Å². The van der Waals surface area contributed by atoms with Crippen LogP contribution in [0, 0.1) is 11.6 Å². The minimum absolute atomic E-state index is 0.419. The zero-order valence-electron chi connectivity index (χ0n) is 12.1. The molecule has 0 atom stereocenters. The Morgan fingerprint density at radius 1 is 0.826 bits per heavy atom. The van der Waals surface area contributed by atoms with Gasteiger partial charge in [0.15, 0.2) is 11.6 Å². The molecule has 0 fully saturated rings. The Kier molecular flexibility index (Phi) is 4.38. The second-order valence-electron chi connectivity index (χ2n) is 4.74. The van der Waals surface area contributed by atoms with E-state index in [2.05, 4.69) is 10.1 Å². The van der Waals surface area contributed by atoms with E-state index >= 15 is 0 Å². The third-order valence-electron chi connectivity index (χ3n) is 3.14. The molecule has 0 radical (unpaired) electrons. The summed E-state index contributed by atoms with van der Waals surface area (Å²) in [6.45, 7) is 0. The Balaban J connectivity index is 2.00. The average Bonchev–Trinajstić information content (AvgIpc) is 2.60. The highest BCUT2D eigenvalue weighted by atomic mass is 19.2. The SMILES string of the molecule is Fc1ccc(N(/N=C/c2ccccn2)c2ccccc2)cc1F. The lowest BCUT2D eigenvalue weighted by Gasteiger charge is -2.19. The Labute approximate surface area is 132 Å². The van der Waals surface area contributed by atoms with Gasteiger partial charge in [-0.2, -0.15) is 5.10 Å². The maximum atomic E-state index is 13.6. The number of halogens is 2. The van der Waals surface area contributed by atoms with Crippen LogP contribution in [0.15, 0.2) is 78.0 Å². The van der Waals surface area contributed by atoms with E-state index in [4.69, 9.17) is 0 Å². The summed E-state index contributed by atoms with van der Waals surface area (Å²) in [4.78, 5) is 4.16. The molecule has 0 N–H and O–H groups in total. The summed E-state index contributed by atoms with van der Waals surface area (Å²) in [5.74, 6) is -1.81. The molecule has 1 aromatic heterocycles. The summed E-state index contributed by atoms with van der Waals surface area (Å²) in [5.41, 5.74) is 1.81. The molecular formula is C18H13F2N3. The number of hydrogen-bond donors (Lipinski definition) is 0. The third kappa shape index (κ3) is 3.58. The molecule has 0 spiro atoms. The number of nitrogens with zero attached hydrogens (tertiary/aromatic N) is 3. The molecule has 5 heteroatoms. The Morgan fingerprint density at radius 2 is 1.61 bits per heavy atom. The first-order chi connectivity index (χ1) is 11.2. The summed E-state index contributed by atoms with van der Waals surface area (Å²) in [5, 5.41) is 5.89. The number of hydrogen-bond acceptors (Lipinski definition) is 3. The number of aromatic nitrogens is 1. The second kappa shape index (κ2) is 6.79. The van der Waals surface area contributed by atoms with Crippen LogP contribution < -0.4 is 5.01 Å². The first kappa shape index (κ1) is 14.8. The fraction of sp³-hybridized carbons (Fsp3) is 0. The van der Waals surface area contributed by atoms with Gasteiger partial charge in [-0.15, -0.1) is 0 Å².